The van der Waals surface area contributed by atoms with Crippen LogP contribution in [0.1, 0.15) is 36.8 Å². The molecule has 0 bridgehead atoms. The molecule has 1 aromatic heterocycles. The van der Waals surface area contributed by atoms with Crippen LogP contribution in [0.2, 0.25) is 0 Å². The quantitative estimate of drug-likeness (QED) is 0.810. The van der Waals surface area contributed by atoms with E-state index >= 15 is 0 Å². The first-order valence-corrected chi connectivity index (χ1v) is 8.30. The molecule has 24 heavy (non-hydrogen) atoms. The molecule has 2 aromatic rings. The molecule has 0 spiro atoms. The van der Waals surface area contributed by atoms with Gasteiger partial charge in [0.1, 0.15) is 11.5 Å². The Morgan fingerprint density at radius 3 is 2.75 bits per heavy atom. The summed E-state index contributed by atoms with van der Waals surface area (Å²) in [4.78, 5) is 14.5. The van der Waals surface area contributed by atoms with Crippen molar-refractivity contribution in [2.24, 2.45) is 0 Å². The summed E-state index contributed by atoms with van der Waals surface area (Å²) in [5.74, 6) is 3.19. The third-order valence-electron chi connectivity index (χ3n) is 4.31. The number of carbonyl (C=O) groups excluding carboxylic acids is 1. The Balaban J connectivity index is 1.56. The summed E-state index contributed by atoms with van der Waals surface area (Å²) in [5, 5.41) is 0. The number of aryl methyl sites for hydroxylation is 1. The number of rotatable bonds is 6. The molecule has 0 radical (unpaired) electrons. The summed E-state index contributed by atoms with van der Waals surface area (Å²) in [7, 11) is 1.60. The van der Waals surface area contributed by atoms with Crippen LogP contribution < -0.4 is 9.47 Å². The zero-order valence-corrected chi connectivity index (χ0v) is 14.2. The van der Waals surface area contributed by atoms with Crippen molar-refractivity contribution < 1.29 is 18.7 Å². The number of furan rings is 1. The van der Waals surface area contributed by atoms with Gasteiger partial charge >= 0.3 is 0 Å². The number of likely N-dealkylation sites (tertiary alicyclic amines) is 1. The van der Waals surface area contributed by atoms with Crippen molar-refractivity contribution in [2.75, 3.05) is 20.3 Å². The highest BCUT2D eigenvalue weighted by atomic mass is 16.5. The summed E-state index contributed by atoms with van der Waals surface area (Å²) in [6.07, 6.45) is 2.30. The molecule has 1 saturated heterocycles. The van der Waals surface area contributed by atoms with Crippen LogP contribution in [0.5, 0.6) is 11.5 Å². The molecule has 1 fully saturated rings. The van der Waals surface area contributed by atoms with E-state index in [0.29, 0.717) is 24.5 Å². The molecule has 5 nitrogen and oxygen atoms in total. The highest BCUT2D eigenvalue weighted by Gasteiger charge is 2.31. The molecule has 1 aliphatic heterocycles. The molecule has 0 unspecified atom stereocenters. The molecule has 5 heteroatoms. The minimum absolute atomic E-state index is 0.0532. The van der Waals surface area contributed by atoms with Crippen LogP contribution in [0.25, 0.3) is 0 Å². The highest BCUT2D eigenvalue weighted by Crippen LogP contribution is 2.33. The van der Waals surface area contributed by atoms with Crippen LogP contribution in [0.15, 0.2) is 40.8 Å². The summed E-state index contributed by atoms with van der Waals surface area (Å²) in [6, 6.07) is 11.4. The van der Waals surface area contributed by atoms with Crippen molar-refractivity contribution in [1.82, 2.24) is 4.90 Å². The summed E-state index contributed by atoms with van der Waals surface area (Å²) in [5.41, 5.74) is 0. The number of para-hydroxylation sites is 2. The lowest BCUT2D eigenvalue weighted by Crippen LogP contribution is -2.31. The molecule has 0 aliphatic carbocycles. The Hall–Kier alpha value is -2.43. The summed E-state index contributed by atoms with van der Waals surface area (Å²) in [6.45, 7) is 3.03. The average Bonchev–Trinajstić information content (AvgIpc) is 3.23. The molecule has 1 aromatic carbocycles. The Morgan fingerprint density at radius 1 is 1.25 bits per heavy atom. The maximum atomic E-state index is 12.6. The fraction of sp³-hybridized carbons (Fsp3) is 0.421. The average molecular weight is 329 g/mol. The van der Waals surface area contributed by atoms with Gasteiger partial charge in [-0.3, -0.25) is 4.79 Å². The number of hydrogen-bond donors (Lipinski definition) is 0. The van der Waals surface area contributed by atoms with Gasteiger partial charge in [-0.25, -0.2) is 0 Å². The van der Waals surface area contributed by atoms with Gasteiger partial charge in [-0.1, -0.05) is 12.1 Å². The molecule has 1 amide bonds. The number of methoxy groups -OCH3 is 1. The van der Waals surface area contributed by atoms with Gasteiger partial charge in [-0.05, 0) is 44.0 Å². The fourth-order valence-corrected chi connectivity index (χ4v) is 3.12. The Kier molecular flexibility index (Phi) is 5.08. The smallest absolute Gasteiger partial charge is 0.226 e. The second-order valence-electron chi connectivity index (χ2n) is 5.94. The summed E-state index contributed by atoms with van der Waals surface area (Å²) >= 11 is 0. The van der Waals surface area contributed by atoms with E-state index in [1.807, 2.05) is 48.2 Å². The largest absolute Gasteiger partial charge is 0.493 e. The van der Waals surface area contributed by atoms with E-state index in [1.54, 1.807) is 7.11 Å². The topological polar surface area (TPSA) is 51.9 Å². The molecular formula is C19H23NO4. The standard InChI is InChI=1S/C19H23NO4/c1-14-9-10-16(24-14)15-6-5-12-20(15)19(21)11-13-23-18-8-4-3-7-17(18)22-2/h3-4,7-10,15H,5-6,11-13H2,1-2H3/t15-/m1/s1. The van der Waals surface area contributed by atoms with E-state index in [4.69, 9.17) is 13.9 Å². The van der Waals surface area contributed by atoms with E-state index in [2.05, 4.69) is 0 Å². The van der Waals surface area contributed by atoms with Crippen molar-refractivity contribution in [1.29, 1.82) is 0 Å². The molecule has 0 N–H and O–H groups in total. The lowest BCUT2D eigenvalue weighted by atomic mass is 10.1. The maximum absolute atomic E-state index is 12.6. The van der Waals surface area contributed by atoms with Gasteiger partial charge in [-0.15, -0.1) is 0 Å². The molecular weight excluding hydrogens is 306 g/mol. The van der Waals surface area contributed by atoms with Gasteiger partial charge in [0, 0.05) is 6.54 Å². The van der Waals surface area contributed by atoms with Crippen LogP contribution in [-0.4, -0.2) is 31.1 Å². The van der Waals surface area contributed by atoms with Crippen LogP contribution >= 0.6 is 0 Å². The minimum atomic E-state index is 0.0532. The number of amides is 1. The first-order valence-electron chi connectivity index (χ1n) is 8.30. The highest BCUT2D eigenvalue weighted by molar-refractivity contribution is 5.77. The second kappa shape index (κ2) is 7.43. The van der Waals surface area contributed by atoms with E-state index in [0.717, 1.165) is 30.9 Å². The monoisotopic (exact) mass is 329 g/mol. The predicted molar refractivity (Wildman–Crippen MR) is 90.2 cm³/mol. The van der Waals surface area contributed by atoms with Crippen molar-refractivity contribution >= 4 is 5.91 Å². The van der Waals surface area contributed by atoms with Crippen molar-refractivity contribution in [3.05, 3.63) is 47.9 Å². The number of hydrogen-bond acceptors (Lipinski definition) is 4. The molecule has 1 aliphatic rings. The van der Waals surface area contributed by atoms with Crippen molar-refractivity contribution in [3.63, 3.8) is 0 Å². The number of ether oxygens (including phenoxy) is 2. The summed E-state index contributed by atoms with van der Waals surface area (Å²) < 4.78 is 16.7. The minimum Gasteiger partial charge on any atom is -0.493 e. The SMILES string of the molecule is COc1ccccc1OCCC(=O)N1CCC[C@@H]1c1ccc(C)o1. The van der Waals surface area contributed by atoms with E-state index in [-0.39, 0.29) is 11.9 Å². The third kappa shape index (κ3) is 3.55. The normalized spacial score (nSPS) is 17.1. The van der Waals surface area contributed by atoms with Gasteiger partial charge < -0.3 is 18.8 Å². The van der Waals surface area contributed by atoms with Crippen molar-refractivity contribution in [3.8, 4) is 11.5 Å². The van der Waals surface area contributed by atoms with Crippen molar-refractivity contribution in [2.45, 2.75) is 32.2 Å². The molecule has 3 rings (SSSR count). The maximum Gasteiger partial charge on any atom is 0.226 e. The van der Waals surface area contributed by atoms with E-state index in [1.165, 1.54) is 0 Å². The Labute approximate surface area is 142 Å². The number of nitrogens with zero attached hydrogens (tertiary/aromatic N) is 1. The molecule has 0 saturated carbocycles. The fourth-order valence-electron chi connectivity index (χ4n) is 3.12. The van der Waals surface area contributed by atoms with Gasteiger partial charge in [0.05, 0.1) is 26.2 Å². The first-order chi connectivity index (χ1) is 11.7. The van der Waals surface area contributed by atoms with Crippen LogP contribution in [-0.2, 0) is 4.79 Å². The number of carbonyl (C=O) groups is 1. The molecule has 128 valence electrons. The van der Waals surface area contributed by atoms with Crippen LogP contribution in [0, 0.1) is 6.92 Å². The third-order valence-corrected chi connectivity index (χ3v) is 4.31. The molecule has 1 atom stereocenters. The Bertz CT molecular complexity index is 694. The zero-order chi connectivity index (χ0) is 16.9. The zero-order valence-electron chi connectivity index (χ0n) is 14.2. The van der Waals surface area contributed by atoms with Crippen LogP contribution in [0.4, 0.5) is 0 Å². The van der Waals surface area contributed by atoms with Gasteiger partial charge in [0.2, 0.25) is 5.91 Å². The predicted octanol–water partition coefficient (Wildman–Crippen LogP) is 3.73. The molecule has 2 heterocycles. The lowest BCUT2D eigenvalue weighted by Gasteiger charge is -2.23. The van der Waals surface area contributed by atoms with Crippen LogP contribution in [0.3, 0.4) is 0 Å². The van der Waals surface area contributed by atoms with Gasteiger partial charge in [0.25, 0.3) is 0 Å². The Morgan fingerprint density at radius 2 is 2.04 bits per heavy atom. The van der Waals surface area contributed by atoms with Gasteiger partial charge in [0.15, 0.2) is 11.5 Å². The van der Waals surface area contributed by atoms with E-state index in [9.17, 15) is 4.79 Å². The number of benzene rings is 1. The first kappa shape index (κ1) is 16.4. The second-order valence-corrected chi connectivity index (χ2v) is 5.94. The lowest BCUT2D eigenvalue weighted by molar-refractivity contribution is -0.133. The van der Waals surface area contributed by atoms with E-state index < -0.39 is 0 Å². The van der Waals surface area contributed by atoms with Gasteiger partial charge in [-0.2, -0.15) is 0 Å².